The molecule has 0 aromatic carbocycles. The van der Waals surface area contributed by atoms with Gasteiger partial charge in [-0.3, -0.25) is 4.79 Å². The first-order valence-corrected chi connectivity index (χ1v) is 6.72. The summed E-state index contributed by atoms with van der Waals surface area (Å²) in [6.45, 7) is 1.45. The third kappa shape index (κ3) is 6.22. The Morgan fingerprint density at radius 2 is 2.16 bits per heavy atom. The van der Waals surface area contributed by atoms with Crippen LogP contribution in [0.2, 0.25) is 0 Å². The van der Waals surface area contributed by atoms with E-state index in [1.54, 1.807) is 0 Å². The van der Waals surface area contributed by atoms with Gasteiger partial charge in [-0.25, -0.2) is 4.79 Å². The molecule has 1 aliphatic carbocycles. The Hall–Kier alpha value is -1.58. The molecule has 1 aliphatic rings. The number of rotatable bonds is 7. The van der Waals surface area contributed by atoms with Gasteiger partial charge in [-0.15, -0.1) is 0 Å². The van der Waals surface area contributed by atoms with E-state index in [0.29, 0.717) is 5.92 Å². The molecule has 0 N–H and O–H groups in total. The van der Waals surface area contributed by atoms with Crippen LogP contribution in [0.3, 0.4) is 0 Å². The maximum atomic E-state index is 10.9. The molecule has 0 saturated heterocycles. The van der Waals surface area contributed by atoms with Crippen LogP contribution in [0.4, 0.5) is 0 Å². The number of methoxy groups -OCH3 is 1. The van der Waals surface area contributed by atoms with Gasteiger partial charge in [0.2, 0.25) is 0 Å². The zero-order valence-corrected chi connectivity index (χ0v) is 11.6. The van der Waals surface area contributed by atoms with Crippen molar-refractivity contribution < 1.29 is 19.1 Å². The van der Waals surface area contributed by atoms with E-state index < -0.39 is 0 Å². The predicted molar refractivity (Wildman–Crippen MR) is 72.4 cm³/mol. The van der Waals surface area contributed by atoms with Crippen molar-refractivity contribution in [3.05, 3.63) is 24.3 Å². The fourth-order valence-electron chi connectivity index (χ4n) is 2.21. The smallest absolute Gasteiger partial charge is 0.330 e. The molecule has 19 heavy (non-hydrogen) atoms. The standard InChI is InChI=1S/C15H22O4/c1-12(16)19-14-10-7-9-13(14)8-5-3-4-6-11-15(17)18-2/h6-7,9,11,13-14H,3-5,8,10H2,1-2H3/t13-,14-/m1/s1. The molecule has 2 atom stereocenters. The topological polar surface area (TPSA) is 52.6 Å². The highest BCUT2D eigenvalue weighted by atomic mass is 16.5. The number of allylic oxidation sites excluding steroid dienone is 1. The summed E-state index contributed by atoms with van der Waals surface area (Å²) in [6, 6.07) is 0. The zero-order valence-electron chi connectivity index (χ0n) is 11.6. The van der Waals surface area contributed by atoms with Crippen molar-refractivity contribution in [2.45, 2.75) is 45.1 Å². The van der Waals surface area contributed by atoms with Crippen molar-refractivity contribution in [3.63, 3.8) is 0 Å². The van der Waals surface area contributed by atoms with Gasteiger partial charge in [0.25, 0.3) is 0 Å². The fourth-order valence-corrected chi connectivity index (χ4v) is 2.21. The van der Waals surface area contributed by atoms with Crippen LogP contribution in [0.5, 0.6) is 0 Å². The van der Waals surface area contributed by atoms with Gasteiger partial charge in [-0.2, -0.15) is 0 Å². The first kappa shape index (κ1) is 15.5. The quantitative estimate of drug-likeness (QED) is 0.308. The number of hydrogen-bond donors (Lipinski definition) is 0. The Labute approximate surface area is 114 Å². The van der Waals surface area contributed by atoms with Crippen LogP contribution in [0, 0.1) is 5.92 Å². The van der Waals surface area contributed by atoms with Crippen molar-refractivity contribution in [1.29, 1.82) is 0 Å². The van der Waals surface area contributed by atoms with Crippen molar-refractivity contribution in [1.82, 2.24) is 0 Å². The SMILES string of the molecule is COC(=O)C=CCCCC[C@@H]1C=CC[C@H]1OC(C)=O. The number of carbonyl (C=O) groups excluding carboxylic acids is 2. The van der Waals surface area contributed by atoms with Crippen LogP contribution in [0.1, 0.15) is 39.0 Å². The maximum Gasteiger partial charge on any atom is 0.330 e. The van der Waals surface area contributed by atoms with E-state index >= 15 is 0 Å². The molecule has 0 fully saturated rings. The summed E-state index contributed by atoms with van der Waals surface area (Å²) < 4.78 is 9.78. The molecule has 1 rings (SSSR count). The minimum Gasteiger partial charge on any atom is -0.466 e. The van der Waals surface area contributed by atoms with Gasteiger partial charge in [-0.05, 0) is 19.3 Å². The van der Waals surface area contributed by atoms with Crippen molar-refractivity contribution in [2.24, 2.45) is 5.92 Å². The molecule has 0 unspecified atom stereocenters. The van der Waals surface area contributed by atoms with Gasteiger partial charge in [-0.1, -0.05) is 24.6 Å². The number of unbranched alkanes of at least 4 members (excludes halogenated alkanes) is 2. The lowest BCUT2D eigenvalue weighted by Crippen LogP contribution is -2.21. The molecular formula is C15H22O4. The van der Waals surface area contributed by atoms with Gasteiger partial charge >= 0.3 is 11.9 Å². The first-order chi connectivity index (χ1) is 9.13. The fraction of sp³-hybridized carbons (Fsp3) is 0.600. The van der Waals surface area contributed by atoms with E-state index in [4.69, 9.17) is 4.74 Å². The number of ether oxygens (including phenoxy) is 2. The Bertz CT molecular complexity index is 357. The van der Waals surface area contributed by atoms with Crippen LogP contribution < -0.4 is 0 Å². The Balaban J connectivity index is 2.15. The van der Waals surface area contributed by atoms with E-state index in [-0.39, 0.29) is 18.0 Å². The second-order valence-corrected chi connectivity index (χ2v) is 4.69. The molecule has 0 radical (unpaired) electrons. The van der Waals surface area contributed by atoms with Crippen molar-refractivity contribution in [2.75, 3.05) is 7.11 Å². The van der Waals surface area contributed by atoms with Crippen molar-refractivity contribution in [3.8, 4) is 0 Å². The lowest BCUT2D eigenvalue weighted by Gasteiger charge is -2.18. The van der Waals surface area contributed by atoms with E-state index in [1.165, 1.54) is 20.1 Å². The first-order valence-electron chi connectivity index (χ1n) is 6.72. The van der Waals surface area contributed by atoms with Crippen LogP contribution in [0.25, 0.3) is 0 Å². The van der Waals surface area contributed by atoms with E-state index in [9.17, 15) is 9.59 Å². The third-order valence-electron chi connectivity index (χ3n) is 3.16. The molecule has 4 nitrogen and oxygen atoms in total. The minimum atomic E-state index is -0.311. The van der Waals surface area contributed by atoms with Gasteiger partial charge in [0, 0.05) is 25.3 Å². The summed E-state index contributed by atoms with van der Waals surface area (Å²) in [5.74, 6) is -0.179. The normalized spacial score (nSPS) is 21.8. The predicted octanol–water partition coefficient (Wildman–Crippen LogP) is 2.78. The molecule has 0 amide bonds. The Kier molecular flexibility index (Phi) is 6.93. The second kappa shape index (κ2) is 8.51. The summed E-state index contributed by atoms with van der Waals surface area (Å²) in [4.78, 5) is 21.8. The minimum absolute atomic E-state index is 0.0168. The average molecular weight is 266 g/mol. The third-order valence-corrected chi connectivity index (χ3v) is 3.16. The maximum absolute atomic E-state index is 10.9. The van der Waals surface area contributed by atoms with E-state index in [2.05, 4.69) is 16.9 Å². The van der Waals surface area contributed by atoms with Gasteiger partial charge < -0.3 is 9.47 Å². The highest BCUT2D eigenvalue weighted by Gasteiger charge is 2.24. The second-order valence-electron chi connectivity index (χ2n) is 4.69. The summed E-state index contributed by atoms with van der Waals surface area (Å²) >= 11 is 0. The lowest BCUT2D eigenvalue weighted by atomic mass is 9.98. The molecule has 106 valence electrons. The van der Waals surface area contributed by atoms with Gasteiger partial charge in [0.05, 0.1) is 7.11 Å². The average Bonchev–Trinajstić information content (AvgIpc) is 2.79. The van der Waals surface area contributed by atoms with Gasteiger partial charge in [0.15, 0.2) is 0 Å². The van der Waals surface area contributed by atoms with E-state index in [1.807, 2.05) is 6.08 Å². The van der Waals surface area contributed by atoms with Crippen LogP contribution in [-0.2, 0) is 19.1 Å². The largest absolute Gasteiger partial charge is 0.466 e. The number of hydrogen-bond acceptors (Lipinski definition) is 4. The highest BCUT2D eigenvalue weighted by molar-refractivity contribution is 5.81. The molecule has 0 heterocycles. The molecule has 0 aromatic rings. The molecule has 0 aliphatic heterocycles. The zero-order chi connectivity index (χ0) is 14.1. The number of esters is 2. The van der Waals surface area contributed by atoms with Gasteiger partial charge in [0.1, 0.15) is 6.10 Å². The monoisotopic (exact) mass is 266 g/mol. The molecular weight excluding hydrogens is 244 g/mol. The summed E-state index contributed by atoms with van der Waals surface area (Å²) in [6.07, 6.45) is 12.3. The molecule has 0 spiro atoms. The van der Waals surface area contributed by atoms with E-state index in [0.717, 1.165) is 32.1 Å². The molecule has 4 heteroatoms. The summed E-state index contributed by atoms with van der Waals surface area (Å²) in [5, 5.41) is 0. The number of carbonyl (C=O) groups is 2. The highest BCUT2D eigenvalue weighted by Crippen LogP contribution is 2.26. The van der Waals surface area contributed by atoms with Crippen LogP contribution >= 0.6 is 0 Å². The molecule has 0 bridgehead atoms. The Morgan fingerprint density at radius 3 is 2.84 bits per heavy atom. The Morgan fingerprint density at radius 1 is 1.37 bits per heavy atom. The van der Waals surface area contributed by atoms with Crippen LogP contribution in [0.15, 0.2) is 24.3 Å². The summed E-state index contributed by atoms with van der Waals surface area (Å²) in [7, 11) is 1.37. The van der Waals surface area contributed by atoms with Crippen LogP contribution in [-0.4, -0.2) is 25.2 Å². The summed E-state index contributed by atoms with van der Waals surface area (Å²) in [5.41, 5.74) is 0. The lowest BCUT2D eigenvalue weighted by molar-refractivity contribution is -0.147. The molecule has 0 saturated carbocycles. The molecule has 0 aromatic heterocycles. The van der Waals surface area contributed by atoms with Crippen molar-refractivity contribution >= 4 is 11.9 Å².